The zero-order valence-corrected chi connectivity index (χ0v) is 30.3. The van der Waals surface area contributed by atoms with Crippen molar-refractivity contribution in [2.75, 3.05) is 0 Å². The third-order valence-corrected chi connectivity index (χ3v) is 13.2. The highest BCUT2D eigenvalue weighted by Gasteiger charge is 2.43. The molecule has 0 radical (unpaired) electrons. The van der Waals surface area contributed by atoms with Crippen molar-refractivity contribution in [3.63, 3.8) is 0 Å². The number of nitriles is 2. The van der Waals surface area contributed by atoms with E-state index in [4.69, 9.17) is 15.0 Å². The first-order valence-corrected chi connectivity index (χ1v) is 19.3. The summed E-state index contributed by atoms with van der Waals surface area (Å²) in [4.78, 5) is 15.2. The molecular formula is C47H45N5. The second kappa shape index (κ2) is 12.8. The molecule has 4 aliphatic rings. The summed E-state index contributed by atoms with van der Waals surface area (Å²) < 4.78 is 0. The van der Waals surface area contributed by atoms with Crippen LogP contribution in [0.1, 0.15) is 100 Å². The van der Waals surface area contributed by atoms with Gasteiger partial charge in [-0.1, -0.05) is 94.1 Å². The Morgan fingerprint density at radius 2 is 0.904 bits per heavy atom. The fraction of sp³-hybridized carbons (Fsp3) is 0.383. The summed E-state index contributed by atoms with van der Waals surface area (Å²) in [7, 11) is 0. The predicted molar refractivity (Wildman–Crippen MR) is 206 cm³/mol. The first kappa shape index (κ1) is 32.8. The Bertz CT molecular complexity index is 2170. The maximum atomic E-state index is 9.70. The van der Waals surface area contributed by atoms with Gasteiger partial charge in [-0.15, -0.1) is 0 Å². The Labute approximate surface area is 307 Å². The lowest BCUT2D eigenvalue weighted by atomic mass is 9.65. The third kappa shape index (κ3) is 6.11. The molecule has 0 saturated heterocycles. The van der Waals surface area contributed by atoms with Crippen molar-refractivity contribution in [1.29, 1.82) is 10.5 Å². The minimum atomic E-state index is 0.0714. The van der Waals surface area contributed by atoms with Gasteiger partial charge in [0.25, 0.3) is 0 Å². The Kier molecular flexibility index (Phi) is 8.08. The largest absolute Gasteiger partial charge is 0.208 e. The van der Waals surface area contributed by atoms with E-state index in [1.807, 2.05) is 36.4 Å². The van der Waals surface area contributed by atoms with Crippen LogP contribution in [0.2, 0.25) is 0 Å². The van der Waals surface area contributed by atoms with Crippen LogP contribution in [0.4, 0.5) is 0 Å². The van der Waals surface area contributed by atoms with E-state index in [2.05, 4.69) is 68.5 Å². The van der Waals surface area contributed by atoms with Gasteiger partial charge in [-0.2, -0.15) is 10.5 Å². The normalized spacial score (nSPS) is 27.5. The standard InChI is InChI=1S/C47H45N5/c1-46(24-30-12-13-31(16-30)25-46)41-11-5-8-36(21-41)39-20-40(23-42(22-39)47(2)26-32-14-15-33(17-32)27-47)45-51-43(37-9-3-6-34(18-37)28-48)50-44(52-45)38-10-4-7-35(19-38)29-49/h3-11,18-23,30-33H,12-17,24-27H2,1-2H3/t30-,31+,32-,33+,46?,47?. The van der Waals surface area contributed by atoms with Gasteiger partial charge in [0.05, 0.1) is 23.3 Å². The molecule has 5 heteroatoms. The maximum absolute atomic E-state index is 9.70. The van der Waals surface area contributed by atoms with Gasteiger partial charge in [-0.05, 0) is 132 Å². The topological polar surface area (TPSA) is 86.2 Å². The summed E-state index contributed by atoms with van der Waals surface area (Å²) in [5.74, 6) is 4.91. The molecule has 0 spiro atoms. The molecular weight excluding hydrogens is 635 g/mol. The highest BCUT2D eigenvalue weighted by atomic mass is 15.0. The molecule has 4 aromatic carbocycles. The first-order valence-electron chi connectivity index (χ1n) is 19.3. The lowest BCUT2D eigenvalue weighted by Gasteiger charge is -2.39. The van der Waals surface area contributed by atoms with E-state index >= 15 is 0 Å². The van der Waals surface area contributed by atoms with E-state index < -0.39 is 0 Å². The molecule has 0 amide bonds. The van der Waals surface area contributed by atoms with Gasteiger partial charge in [0, 0.05) is 16.7 Å². The van der Waals surface area contributed by atoms with Gasteiger partial charge in [0.15, 0.2) is 17.5 Å². The van der Waals surface area contributed by atoms with Crippen LogP contribution in [-0.4, -0.2) is 15.0 Å². The summed E-state index contributed by atoms with van der Waals surface area (Å²) in [5.41, 5.74) is 9.16. The average molecular weight is 680 g/mol. The second-order valence-corrected chi connectivity index (χ2v) is 17.1. The Morgan fingerprint density at radius 1 is 0.481 bits per heavy atom. The predicted octanol–water partition coefficient (Wildman–Crippen LogP) is 11.2. The van der Waals surface area contributed by atoms with Gasteiger partial charge in [-0.3, -0.25) is 0 Å². The van der Waals surface area contributed by atoms with E-state index in [1.54, 1.807) is 12.1 Å². The molecule has 4 saturated carbocycles. The van der Waals surface area contributed by atoms with Crippen LogP contribution in [0.5, 0.6) is 0 Å². The summed E-state index contributed by atoms with van der Waals surface area (Å²) in [6.07, 6.45) is 13.3. The lowest BCUT2D eigenvalue weighted by molar-refractivity contribution is 0.231. The molecule has 52 heavy (non-hydrogen) atoms. The van der Waals surface area contributed by atoms with Crippen molar-refractivity contribution in [2.24, 2.45) is 23.7 Å². The van der Waals surface area contributed by atoms with E-state index in [9.17, 15) is 10.5 Å². The molecule has 6 atom stereocenters. The fourth-order valence-electron chi connectivity index (χ4n) is 10.9. The van der Waals surface area contributed by atoms with Crippen molar-refractivity contribution >= 4 is 0 Å². The smallest absolute Gasteiger partial charge is 0.164 e. The van der Waals surface area contributed by atoms with Crippen molar-refractivity contribution in [3.05, 3.63) is 113 Å². The molecule has 2 unspecified atom stereocenters. The van der Waals surface area contributed by atoms with Gasteiger partial charge >= 0.3 is 0 Å². The van der Waals surface area contributed by atoms with E-state index in [0.29, 0.717) is 28.6 Å². The molecule has 1 aromatic heterocycles. The van der Waals surface area contributed by atoms with Gasteiger partial charge in [0.1, 0.15) is 0 Å². The summed E-state index contributed by atoms with van der Waals surface area (Å²) in [6, 6.07) is 35.9. The van der Waals surface area contributed by atoms with Crippen LogP contribution in [0.25, 0.3) is 45.3 Å². The zero-order valence-electron chi connectivity index (χ0n) is 30.3. The molecule has 5 nitrogen and oxygen atoms in total. The van der Waals surface area contributed by atoms with Crippen LogP contribution >= 0.6 is 0 Å². The van der Waals surface area contributed by atoms with Gasteiger partial charge in [0.2, 0.25) is 0 Å². The van der Waals surface area contributed by atoms with Gasteiger partial charge in [-0.25, -0.2) is 15.0 Å². The Morgan fingerprint density at radius 3 is 1.42 bits per heavy atom. The number of fused-ring (bicyclic) bond motifs is 4. The number of hydrogen-bond donors (Lipinski definition) is 0. The van der Waals surface area contributed by atoms with Crippen molar-refractivity contribution in [3.8, 4) is 57.4 Å². The molecule has 1 heterocycles. The second-order valence-electron chi connectivity index (χ2n) is 17.1. The summed E-state index contributed by atoms with van der Waals surface area (Å²) in [5, 5.41) is 19.4. The van der Waals surface area contributed by atoms with Crippen LogP contribution in [0.15, 0.2) is 91.0 Å². The Balaban J connectivity index is 1.22. The SMILES string of the molecule is CC1(c2cccc(-c3cc(-c4nc(-c5cccc(C#N)c5)nc(-c5cccc(C#N)c5)n4)cc(C4(C)C[C@@H]5CC[C@@H](C5)C4)c3)c2)C[C@@H]2CC[C@@H](C2)C1. The van der Waals surface area contributed by atoms with Crippen molar-refractivity contribution in [1.82, 2.24) is 15.0 Å². The van der Waals surface area contributed by atoms with E-state index in [0.717, 1.165) is 40.4 Å². The minimum Gasteiger partial charge on any atom is -0.208 e. The zero-order chi connectivity index (χ0) is 35.5. The lowest BCUT2D eigenvalue weighted by Crippen LogP contribution is -2.31. The molecule has 4 aliphatic carbocycles. The quantitative estimate of drug-likeness (QED) is 0.178. The number of benzene rings is 4. The molecule has 258 valence electrons. The molecule has 4 fully saturated rings. The number of rotatable bonds is 6. The van der Waals surface area contributed by atoms with Crippen LogP contribution in [0, 0.1) is 46.3 Å². The minimum absolute atomic E-state index is 0.0714. The highest BCUT2D eigenvalue weighted by Crippen LogP contribution is 2.54. The third-order valence-electron chi connectivity index (χ3n) is 13.2. The highest BCUT2D eigenvalue weighted by molar-refractivity contribution is 5.75. The molecule has 4 bridgehead atoms. The van der Waals surface area contributed by atoms with E-state index in [-0.39, 0.29) is 10.8 Å². The molecule has 0 aliphatic heterocycles. The number of aromatic nitrogens is 3. The first-order chi connectivity index (χ1) is 25.3. The number of nitrogens with zero attached hydrogens (tertiary/aromatic N) is 5. The molecule has 9 rings (SSSR count). The fourth-order valence-corrected chi connectivity index (χ4v) is 10.9. The molecule has 5 aromatic rings. The van der Waals surface area contributed by atoms with Crippen LogP contribution in [-0.2, 0) is 10.8 Å². The van der Waals surface area contributed by atoms with E-state index in [1.165, 1.54) is 86.5 Å². The van der Waals surface area contributed by atoms with Crippen LogP contribution < -0.4 is 0 Å². The van der Waals surface area contributed by atoms with Gasteiger partial charge < -0.3 is 0 Å². The van der Waals surface area contributed by atoms with Crippen molar-refractivity contribution < 1.29 is 0 Å². The monoisotopic (exact) mass is 679 g/mol. The Hall–Kier alpha value is -5.13. The summed E-state index contributed by atoms with van der Waals surface area (Å²) >= 11 is 0. The molecule has 0 N–H and O–H groups in total. The van der Waals surface area contributed by atoms with Crippen molar-refractivity contribution in [2.45, 2.75) is 88.9 Å². The maximum Gasteiger partial charge on any atom is 0.164 e. The summed E-state index contributed by atoms with van der Waals surface area (Å²) in [6.45, 7) is 4.99. The average Bonchev–Trinajstić information content (AvgIpc) is 3.73. The number of hydrogen-bond acceptors (Lipinski definition) is 5. The van der Waals surface area contributed by atoms with Crippen LogP contribution in [0.3, 0.4) is 0 Å².